The van der Waals surface area contributed by atoms with Crippen LogP contribution in [-0.2, 0) is 0 Å². The minimum absolute atomic E-state index is 0.159. The number of halogens is 1. The molecule has 2 rings (SSSR count). The van der Waals surface area contributed by atoms with E-state index in [0.29, 0.717) is 10.8 Å². The SMILES string of the molecule is CC(Oc1ccc(Cl)cc1)c1ccno1. The summed E-state index contributed by atoms with van der Waals surface area (Å²) in [4.78, 5) is 0. The number of benzene rings is 1. The molecule has 0 bridgehead atoms. The van der Waals surface area contributed by atoms with E-state index in [-0.39, 0.29) is 6.10 Å². The average Bonchev–Trinajstić information content (AvgIpc) is 2.74. The molecule has 0 aliphatic rings. The van der Waals surface area contributed by atoms with E-state index in [1.165, 1.54) is 0 Å². The Morgan fingerprint density at radius 3 is 2.60 bits per heavy atom. The summed E-state index contributed by atoms with van der Waals surface area (Å²) in [5.74, 6) is 1.45. The first-order valence-corrected chi connectivity index (χ1v) is 4.96. The van der Waals surface area contributed by atoms with Gasteiger partial charge in [-0.05, 0) is 31.2 Å². The van der Waals surface area contributed by atoms with Crippen LogP contribution in [-0.4, -0.2) is 5.16 Å². The summed E-state index contributed by atoms with van der Waals surface area (Å²) in [6.07, 6.45) is 1.44. The highest BCUT2D eigenvalue weighted by atomic mass is 35.5. The molecule has 0 aliphatic carbocycles. The maximum atomic E-state index is 5.76. The van der Waals surface area contributed by atoms with Gasteiger partial charge in [-0.2, -0.15) is 0 Å². The molecule has 3 nitrogen and oxygen atoms in total. The summed E-state index contributed by atoms with van der Waals surface area (Å²) in [7, 11) is 0. The van der Waals surface area contributed by atoms with Crippen molar-refractivity contribution in [2.45, 2.75) is 13.0 Å². The van der Waals surface area contributed by atoms with E-state index < -0.39 is 0 Å². The lowest BCUT2D eigenvalue weighted by molar-refractivity contribution is 0.182. The van der Waals surface area contributed by atoms with Gasteiger partial charge in [-0.1, -0.05) is 16.8 Å². The standard InChI is InChI=1S/C11H10ClNO2/c1-8(11-6-7-13-15-11)14-10-4-2-9(12)3-5-10/h2-8H,1H3. The maximum Gasteiger partial charge on any atom is 0.176 e. The van der Waals surface area contributed by atoms with Crippen molar-refractivity contribution in [3.63, 3.8) is 0 Å². The first-order valence-electron chi connectivity index (χ1n) is 4.58. The van der Waals surface area contributed by atoms with Crippen LogP contribution in [0.3, 0.4) is 0 Å². The molecule has 15 heavy (non-hydrogen) atoms. The third kappa shape index (κ3) is 2.50. The van der Waals surface area contributed by atoms with Crippen LogP contribution < -0.4 is 4.74 Å². The summed E-state index contributed by atoms with van der Waals surface area (Å²) in [6, 6.07) is 8.97. The van der Waals surface area contributed by atoms with Gasteiger partial charge in [0, 0.05) is 11.1 Å². The molecule has 1 heterocycles. The number of hydrogen-bond acceptors (Lipinski definition) is 3. The van der Waals surface area contributed by atoms with Crippen molar-refractivity contribution in [1.82, 2.24) is 5.16 Å². The summed E-state index contributed by atoms with van der Waals surface area (Å²) in [5.41, 5.74) is 0. The highest BCUT2D eigenvalue weighted by molar-refractivity contribution is 6.30. The van der Waals surface area contributed by atoms with Crippen molar-refractivity contribution >= 4 is 11.6 Å². The number of ether oxygens (including phenoxy) is 1. The lowest BCUT2D eigenvalue weighted by Gasteiger charge is -2.11. The van der Waals surface area contributed by atoms with Gasteiger partial charge in [0.25, 0.3) is 0 Å². The zero-order chi connectivity index (χ0) is 10.7. The van der Waals surface area contributed by atoms with Crippen molar-refractivity contribution in [3.05, 3.63) is 47.3 Å². The number of nitrogens with zero attached hydrogens (tertiary/aromatic N) is 1. The molecule has 0 fully saturated rings. The fourth-order valence-electron chi connectivity index (χ4n) is 1.21. The molecule has 0 amide bonds. The molecular formula is C11H10ClNO2. The largest absolute Gasteiger partial charge is 0.483 e. The van der Waals surface area contributed by atoms with Crippen LogP contribution in [0.4, 0.5) is 0 Å². The van der Waals surface area contributed by atoms with Gasteiger partial charge in [0.05, 0.1) is 6.20 Å². The maximum absolute atomic E-state index is 5.76. The van der Waals surface area contributed by atoms with Gasteiger partial charge in [0.15, 0.2) is 11.9 Å². The van der Waals surface area contributed by atoms with Crippen molar-refractivity contribution < 1.29 is 9.26 Å². The Hall–Kier alpha value is -1.48. The fraction of sp³-hybridized carbons (Fsp3) is 0.182. The Bertz CT molecular complexity index is 411. The molecule has 1 aromatic heterocycles. The van der Waals surface area contributed by atoms with Gasteiger partial charge in [-0.3, -0.25) is 0 Å². The molecule has 1 atom stereocenters. The van der Waals surface area contributed by atoms with E-state index in [1.54, 1.807) is 24.4 Å². The molecule has 1 unspecified atom stereocenters. The number of hydrogen-bond donors (Lipinski definition) is 0. The topological polar surface area (TPSA) is 35.3 Å². The van der Waals surface area contributed by atoms with Gasteiger partial charge in [-0.25, -0.2) is 0 Å². The molecule has 2 aromatic rings. The second-order valence-electron chi connectivity index (χ2n) is 3.13. The molecule has 0 saturated heterocycles. The smallest absolute Gasteiger partial charge is 0.176 e. The molecule has 0 N–H and O–H groups in total. The molecule has 1 aromatic carbocycles. The van der Waals surface area contributed by atoms with Crippen molar-refractivity contribution in [2.24, 2.45) is 0 Å². The van der Waals surface area contributed by atoms with Crippen LogP contribution >= 0.6 is 11.6 Å². The second kappa shape index (κ2) is 4.36. The van der Waals surface area contributed by atoms with Gasteiger partial charge in [-0.15, -0.1) is 0 Å². The predicted octanol–water partition coefficient (Wildman–Crippen LogP) is 3.47. The summed E-state index contributed by atoms with van der Waals surface area (Å²) in [6.45, 7) is 1.90. The average molecular weight is 224 g/mol. The second-order valence-corrected chi connectivity index (χ2v) is 3.57. The lowest BCUT2D eigenvalue weighted by atomic mass is 10.3. The summed E-state index contributed by atoms with van der Waals surface area (Å²) in [5, 5.41) is 4.31. The van der Waals surface area contributed by atoms with Gasteiger partial charge in [0.1, 0.15) is 5.75 Å². The van der Waals surface area contributed by atoms with Gasteiger partial charge in [0.2, 0.25) is 0 Å². The molecule has 0 radical (unpaired) electrons. The van der Waals surface area contributed by atoms with Crippen molar-refractivity contribution in [3.8, 4) is 5.75 Å². The lowest BCUT2D eigenvalue weighted by Crippen LogP contribution is -2.01. The Morgan fingerprint density at radius 1 is 1.27 bits per heavy atom. The van der Waals surface area contributed by atoms with Crippen LogP contribution in [0.25, 0.3) is 0 Å². The predicted molar refractivity (Wildman–Crippen MR) is 57.0 cm³/mol. The molecule has 0 saturated carbocycles. The zero-order valence-electron chi connectivity index (χ0n) is 8.18. The Balaban J connectivity index is 2.06. The number of rotatable bonds is 3. The minimum atomic E-state index is -0.159. The third-order valence-electron chi connectivity index (χ3n) is 1.98. The van der Waals surface area contributed by atoms with E-state index >= 15 is 0 Å². The summed E-state index contributed by atoms with van der Waals surface area (Å²) < 4.78 is 10.6. The van der Waals surface area contributed by atoms with Gasteiger partial charge >= 0.3 is 0 Å². The zero-order valence-corrected chi connectivity index (χ0v) is 8.94. The fourth-order valence-corrected chi connectivity index (χ4v) is 1.34. The van der Waals surface area contributed by atoms with Crippen molar-refractivity contribution in [2.75, 3.05) is 0 Å². The van der Waals surface area contributed by atoms with Gasteiger partial charge < -0.3 is 9.26 Å². The van der Waals surface area contributed by atoms with Crippen LogP contribution in [0.1, 0.15) is 18.8 Å². The highest BCUT2D eigenvalue weighted by Crippen LogP contribution is 2.22. The molecule has 78 valence electrons. The first-order chi connectivity index (χ1) is 7.25. The Labute approximate surface area is 92.6 Å². The minimum Gasteiger partial charge on any atom is -0.483 e. The van der Waals surface area contributed by atoms with Crippen molar-refractivity contribution in [1.29, 1.82) is 0 Å². The van der Waals surface area contributed by atoms with Crippen LogP contribution in [0.2, 0.25) is 5.02 Å². The number of aromatic nitrogens is 1. The third-order valence-corrected chi connectivity index (χ3v) is 2.24. The highest BCUT2D eigenvalue weighted by Gasteiger charge is 2.10. The van der Waals surface area contributed by atoms with Crippen LogP contribution in [0, 0.1) is 0 Å². The van der Waals surface area contributed by atoms with Crippen LogP contribution in [0.5, 0.6) is 5.75 Å². The molecule has 0 aliphatic heterocycles. The van der Waals surface area contributed by atoms with Crippen LogP contribution in [0.15, 0.2) is 41.1 Å². The molecule has 4 heteroatoms. The molecule has 0 spiro atoms. The normalized spacial score (nSPS) is 12.4. The Morgan fingerprint density at radius 2 is 2.00 bits per heavy atom. The molecular weight excluding hydrogens is 214 g/mol. The van der Waals surface area contributed by atoms with E-state index in [2.05, 4.69) is 5.16 Å². The Kier molecular flexibility index (Phi) is 2.92. The van der Waals surface area contributed by atoms with E-state index in [1.807, 2.05) is 19.1 Å². The monoisotopic (exact) mass is 223 g/mol. The van der Waals surface area contributed by atoms with E-state index in [9.17, 15) is 0 Å². The van der Waals surface area contributed by atoms with E-state index in [0.717, 1.165) is 5.75 Å². The quantitative estimate of drug-likeness (QED) is 0.799. The van der Waals surface area contributed by atoms with E-state index in [4.69, 9.17) is 20.9 Å². The summed E-state index contributed by atoms with van der Waals surface area (Å²) >= 11 is 5.76. The first kappa shape index (κ1) is 10.1.